The number of nitrogens with zero attached hydrogens (tertiary/aromatic N) is 11. The van der Waals surface area contributed by atoms with Crippen LogP contribution < -0.4 is 16.4 Å². The van der Waals surface area contributed by atoms with Gasteiger partial charge in [-0.05, 0) is 66.3 Å². The van der Waals surface area contributed by atoms with Gasteiger partial charge in [0.05, 0.1) is 51.6 Å². The number of aryl methyl sites for hydroxylation is 5. The lowest BCUT2D eigenvalue weighted by Gasteiger charge is -2.26. The zero-order chi connectivity index (χ0) is 43.4. The summed E-state index contributed by atoms with van der Waals surface area (Å²) in [7, 11) is 7.38. The summed E-state index contributed by atoms with van der Waals surface area (Å²) >= 11 is 6.97. The number of allylic oxidation sites excluding steroid dienone is 1. The molecule has 2 aliphatic rings. The summed E-state index contributed by atoms with van der Waals surface area (Å²) in [6.45, 7) is 1.89. The number of benzene rings is 2. The number of aromatic nitrogens is 10. The molecule has 0 aliphatic heterocycles. The van der Waals surface area contributed by atoms with E-state index in [0.29, 0.717) is 40.8 Å². The molecule has 9 rings (SSSR count). The summed E-state index contributed by atoms with van der Waals surface area (Å²) < 4.78 is 46.6. The molecular formula is C44H42ClF3N14. The zero-order valence-electron chi connectivity index (χ0n) is 34.5. The second-order valence-corrected chi connectivity index (χ2v) is 16.1. The average Bonchev–Trinajstić information content (AvgIpc) is 3.89. The average molecular weight is 859 g/mol. The highest BCUT2D eigenvalue weighted by Crippen LogP contribution is 2.45. The number of hydrogen-bond donors (Lipinski definition) is 3. The molecule has 0 fully saturated rings. The quantitative estimate of drug-likeness (QED) is 0.0939. The second kappa shape index (κ2) is 15.9. The summed E-state index contributed by atoms with van der Waals surface area (Å²) in [6.07, 6.45) is 7.06. The highest BCUT2D eigenvalue weighted by molar-refractivity contribution is 6.30. The fourth-order valence-corrected chi connectivity index (χ4v) is 8.67. The normalized spacial score (nSPS) is 14.9. The van der Waals surface area contributed by atoms with Gasteiger partial charge < -0.3 is 16.4 Å². The predicted octanol–water partition coefficient (Wildman–Crippen LogP) is 7.30. The summed E-state index contributed by atoms with van der Waals surface area (Å²) in [5, 5.41) is 21.0. The molecule has 1 atom stereocenters. The molecule has 2 aliphatic carbocycles. The lowest BCUT2D eigenvalue weighted by Crippen LogP contribution is -2.16. The van der Waals surface area contributed by atoms with Crippen LogP contribution in [0.5, 0.6) is 0 Å². The van der Waals surface area contributed by atoms with Gasteiger partial charge in [0, 0.05) is 99.4 Å². The standard InChI is InChI=1S/C44H42ClF3N14/c1-23(50-2)11-37(49)55-43-51-19-26-9-10-33-38(40(26)56-43)36(61(4)58-33)16-25-12-27(17-29(45)14-25)31-18-34-39(41-32(31)21-52-42(57-41)54-30-20-53-60(3)22-30)35(62(5)59-34)15-24-7-6-8-28(13-24)44(46,47)48/h6-8,11-14,17,19-22,31,50H,9-10,15-16,18H2,1-5H3,(H,52,54,57)(H2,49,51,55,56)/b23-11-. The maximum absolute atomic E-state index is 13.8. The number of rotatable bonds is 10. The van der Waals surface area contributed by atoms with E-state index in [1.807, 2.05) is 70.5 Å². The van der Waals surface area contributed by atoms with Crippen LogP contribution in [0.25, 0.3) is 22.5 Å². The number of alkyl halides is 3. The number of hydrogen-bond acceptors (Lipinski definition) is 10. The summed E-state index contributed by atoms with van der Waals surface area (Å²) in [6, 6.07) is 11.5. The van der Waals surface area contributed by atoms with Crippen LogP contribution >= 0.6 is 11.6 Å². The molecular weight excluding hydrogens is 817 g/mol. The smallest absolute Gasteiger partial charge is 0.392 e. The Morgan fingerprint density at radius 3 is 2.42 bits per heavy atom. The van der Waals surface area contributed by atoms with Crippen LogP contribution in [0.4, 0.5) is 30.8 Å². The van der Waals surface area contributed by atoms with E-state index in [1.165, 1.54) is 12.1 Å². The van der Waals surface area contributed by atoms with E-state index in [0.717, 1.165) is 86.5 Å². The number of anilines is 2. The Labute approximate surface area is 359 Å². The summed E-state index contributed by atoms with van der Waals surface area (Å²) in [4.78, 5) is 23.7. The number of nitrogens with one attached hydrogen (secondary N) is 2. The Bertz CT molecular complexity index is 2940. The first-order chi connectivity index (χ1) is 29.7. The molecule has 1 unspecified atom stereocenters. The minimum absolute atomic E-state index is 0.209. The van der Waals surface area contributed by atoms with Crippen molar-refractivity contribution < 1.29 is 13.2 Å². The third-order valence-corrected chi connectivity index (χ3v) is 11.6. The maximum atomic E-state index is 13.8. The van der Waals surface area contributed by atoms with Crippen molar-refractivity contribution in [1.82, 2.24) is 54.6 Å². The molecule has 5 heterocycles. The lowest BCUT2D eigenvalue weighted by atomic mass is 9.79. The van der Waals surface area contributed by atoms with Gasteiger partial charge in [-0.1, -0.05) is 35.9 Å². The number of aliphatic imine (C=N–C) groups is 1. The largest absolute Gasteiger partial charge is 0.416 e. The zero-order valence-corrected chi connectivity index (χ0v) is 35.3. The van der Waals surface area contributed by atoms with Gasteiger partial charge in [0.25, 0.3) is 5.95 Å². The molecule has 5 aromatic heterocycles. The molecule has 7 aromatic rings. The molecule has 2 aromatic carbocycles. The predicted molar refractivity (Wildman–Crippen MR) is 231 cm³/mol. The van der Waals surface area contributed by atoms with E-state index >= 15 is 0 Å². The number of halogens is 4. The Balaban J connectivity index is 1.10. The molecule has 18 heteroatoms. The van der Waals surface area contributed by atoms with E-state index in [1.54, 1.807) is 27.7 Å². The molecule has 0 saturated carbocycles. The number of nitrogens with two attached hydrogens (primary N) is 1. The lowest BCUT2D eigenvalue weighted by molar-refractivity contribution is -0.137. The van der Waals surface area contributed by atoms with Gasteiger partial charge in [0.2, 0.25) is 5.95 Å². The van der Waals surface area contributed by atoms with Crippen LogP contribution in [0.2, 0.25) is 5.02 Å². The molecule has 62 heavy (non-hydrogen) atoms. The van der Waals surface area contributed by atoms with Crippen molar-refractivity contribution >= 4 is 35.0 Å². The number of amidine groups is 1. The second-order valence-electron chi connectivity index (χ2n) is 15.7. The van der Waals surface area contributed by atoms with Gasteiger partial charge in [0.1, 0.15) is 5.84 Å². The van der Waals surface area contributed by atoms with Gasteiger partial charge in [-0.3, -0.25) is 14.0 Å². The van der Waals surface area contributed by atoms with E-state index < -0.39 is 11.7 Å². The molecule has 0 amide bonds. The molecule has 316 valence electrons. The van der Waals surface area contributed by atoms with Crippen molar-refractivity contribution in [3.8, 4) is 22.5 Å². The van der Waals surface area contributed by atoms with Gasteiger partial charge in [0.15, 0.2) is 0 Å². The highest BCUT2D eigenvalue weighted by Gasteiger charge is 2.35. The first-order valence-electron chi connectivity index (χ1n) is 19.9. The van der Waals surface area contributed by atoms with E-state index in [4.69, 9.17) is 42.5 Å². The molecule has 0 radical (unpaired) electrons. The SMILES string of the molecule is CN/C(C)=C\C(N)=Nc1ncc2c(n1)-c1c(nn(C)c1Cc1cc(Cl)cc(C3Cc4nn(C)c(Cc5cccc(C(F)(F)F)c5)c4-c4nc(Nc5cnn(C)c5)ncc43)c1)CC2. The Kier molecular flexibility index (Phi) is 10.4. The van der Waals surface area contributed by atoms with Gasteiger partial charge in [-0.2, -0.15) is 33.5 Å². The van der Waals surface area contributed by atoms with Crippen LogP contribution in [-0.2, 0) is 59.4 Å². The monoisotopic (exact) mass is 858 g/mol. The third-order valence-electron chi connectivity index (χ3n) is 11.4. The summed E-state index contributed by atoms with van der Waals surface area (Å²) in [5.41, 5.74) is 17.9. The maximum Gasteiger partial charge on any atom is 0.416 e. The van der Waals surface area contributed by atoms with Crippen LogP contribution in [0.1, 0.15) is 69.0 Å². The fraction of sp³-hybridized carbons (Fsp3) is 0.273. The molecule has 0 bridgehead atoms. The van der Waals surface area contributed by atoms with E-state index in [-0.39, 0.29) is 24.1 Å². The van der Waals surface area contributed by atoms with Crippen molar-refractivity contribution in [2.45, 2.75) is 51.1 Å². The van der Waals surface area contributed by atoms with Crippen molar-refractivity contribution in [2.24, 2.45) is 31.9 Å². The Morgan fingerprint density at radius 1 is 0.919 bits per heavy atom. The van der Waals surface area contributed by atoms with E-state index in [9.17, 15) is 13.2 Å². The number of fused-ring (bicyclic) bond motifs is 6. The highest BCUT2D eigenvalue weighted by atomic mass is 35.5. The van der Waals surface area contributed by atoms with E-state index in [2.05, 4.69) is 31.8 Å². The molecule has 4 N–H and O–H groups in total. The van der Waals surface area contributed by atoms with Gasteiger partial charge in [-0.25, -0.2) is 19.9 Å². The molecule has 0 spiro atoms. The van der Waals surface area contributed by atoms with Crippen molar-refractivity contribution in [1.29, 1.82) is 0 Å². The molecule has 0 saturated heterocycles. The topological polar surface area (TPSA) is 167 Å². The third kappa shape index (κ3) is 7.90. The van der Waals surface area contributed by atoms with Gasteiger partial charge >= 0.3 is 6.18 Å². The van der Waals surface area contributed by atoms with Crippen molar-refractivity contribution in [2.75, 3.05) is 12.4 Å². The Hall–Kier alpha value is -6.88. The minimum atomic E-state index is -4.47. The first-order valence-corrected chi connectivity index (χ1v) is 20.3. The molecule has 14 nitrogen and oxygen atoms in total. The Morgan fingerprint density at radius 2 is 1.68 bits per heavy atom. The van der Waals surface area contributed by atoms with Crippen LogP contribution in [-0.4, -0.2) is 62.2 Å². The van der Waals surface area contributed by atoms with Crippen LogP contribution in [0, 0.1) is 0 Å². The summed E-state index contributed by atoms with van der Waals surface area (Å²) in [5.74, 6) is 0.637. The van der Waals surface area contributed by atoms with Crippen LogP contribution in [0.15, 0.2) is 84.0 Å². The van der Waals surface area contributed by atoms with Crippen molar-refractivity contribution in [3.05, 3.63) is 140 Å². The van der Waals surface area contributed by atoms with Gasteiger partial charge in [-0.15, -0.1) is 0 Å². The van der Waals surface area contributed by atoms with Crippen molar-refractivity contribution in [3.63, 3.8) is 0 Å². The minimum Gasteiger partial charge on any atom is -0.392 e. The fourth-order valence-electron chi connectivity index (χ4n) is 8.40. The van der Waals surface area contributed by atoms with Crippen LogP contribution in [0.3, 0.4) is 0 Å². The first kappa shape index (κ1) is 40.5.